The molecule has 0 saturated carbocycles. The Bertz CT molecular complexity index is 909. The van der Waals surface area contributed by atoms with Crippen LogP contribution in [-0.2, 0) is 11.2 Å². The number of nitrogens with zero attached hydrogens (tertiary/aromatic N) is 1. The van der Waals surface area contributed by atoms with Crippen LogP contribution in [0.5, 0.6) is 0 Å². The number of H-pyrrole nitrogens is 1. The summed E-state index contributed by atoms with van der Waals surface area (Å²) in [6.07, 6.45) is 0.206. The van der Waals surface area contributed by atoms with E-state index in [-0.39, 0.29) is 18.0 Å². The van der Waals surface area contributed by atoms with E-state index in [2.05, 4.69) is 10.3 Å². The van der Waals surface area contributed by atoms with Gasteiger partial charge in [0.15, 0.2) is 0 Å². The van der Waals surface area contributed by atoms with Gasteiger partial charge in [-0.15, -0.1) is 11.3 Å². The summed E-state index contributed by atoms with van der Waals surface area (Å²) in [6, 6.07) is 6.54. The van der Waals surface area contributed by atoms with E-state index in [0.29, 0.717) is 0 Å². The van der Waals surface area contributed by atoms with Gasteiger partial charge in [0.1, 0.15) is 0 Å². The highest BCUT2D eigenvalue weighted by molar-refractivity contribution is 7.14. The van der Waals surface area contributed by atoms with E-state index in [9.17, 15) is 14.9 Å². The lowest BCUT2D eigenvalue weighted by molar-refractivity contribution is -0.384. The molecular formula is C14H9N3O3S. The minimum atomic E-state index is -0.424. The lowest BCUT2D eigenvalue weighted by Gasteiger charge is -1.99. The molecule has 104 valence electrons. The van der Waals surface area contributed by atoms with Crippen LogP contribution in [0.1, 0.15) is 5.56 Å². The Morgan fingerprint density at radius 2 is 2.14 bits per heavy atom. The molecule has 1 aliphatic rings. The summed E-state index contributed by atoms with van der Waals surface area (Å²) in [7, 11) is 0. The van der Waals surface area contributed by atoms with Gasteiger partial charge in [-0.25, -0.2) is 0 Å². The Kier molecular flexibility index (Phi) is 2.40. The van der Waals surface area contributed by atoms with Gasteiger partial charge in [-0.2, -0.15) is 0 Å². The predicted octanol–water partition coefficient (Wildman–Crippen LogP) is 3.30. The normalized spacial score (nSPS) is 13.4. The van der Waals surface area contributed by atoms with Crippen molar-refractivity contribution in [2.45, 2.75) is 6.42 Å². The number of nitro benzene ring substituents is 1. The summed E-state index contributed by atoms with van der Waals surface area (Å²) in [6.45, 7) is 0. The molecule has 0 fully saturated rings. The van der Waals surface area contributed by atoms with Gasteiger partial charge < -0.3 is 10.3 Å². The first-order valence-electron chi connectivity index (χ1n) is 6.30. The van der Waals surface area contributed by atoms with Crippen molar-refractivity contribution in [3.8, 4) is 10.6 Å². The van der Waals surface area contributed by atoms with Gasteiger partial charge >= 0.3 is 0 Å². The van der Waals surface area contributed by atoms with Crippen molar-refractivity contribution in [2.75, 3.05) is 5.32 Å². The Balaban J connectivity index is 2.05. The van der Waals surface area contributed by atoms with Gasteiger partial charge in [0.25, 0.3) is 5.69 Å². The number of nitrogens with one attached hydrogen (secondary N) is 2. The largest absolute Gasteiger partial charge is 0.354 e. The maximum Gasteiger partial charge on any atom is 0.270 e. The topological polar surface area (TPSA) is 88.0 Å². The molecule has 7 heteroatoms. The Hall–Kier alpha value is -2.67. The Labute approximate surface area is 122 Å². The number of hydrogen-bond acceptors (Lipinski definition) is 4. The van der Waals surface area contributed by atoms with E-state index in [1.54, 1.807) is 6.07 Å². The fourth-order valence-electron chi connectivity index (χ4n) is 2.68. The summed E-state index contributed by atoms with van der Waals surface area (Å²) in [5, 5.41) is 16.4. The summed E-state index contributed by atoms with van der Waals surface area (Å²) in [5.41, 5.74) is 3.30. The SMILES string of the molecule is O=C1Cc2c([nH]c3ccc([N+](=O)[O-])cc23)-c2sccc2N1. The van der Waals surface area contributed by atoms with Crippen LogP contribution in [0.2, 0.25) is 0 Å². The number of fused-ring (bicyclic) bond motifs is 5. The molecular weight excluding hydrogens is 290 g/mol. The number of amides is 1. The van der Waals surface area contributed by atoms with Crippen LogP contribution in [0.4, 0.5) is 11.4 Å². The second-order valence-corrected chi connectivity index (χ2v) is 5.77. The highest BCUT2D eigenvalue weighted by Crippen LogP contribution is 2.41. The maximum absolute atomic E-state index is 12.0. The predicted molar refractivity (Wildman–Crippen MR) is 80.6 cm³/mol. The molecule has 21 heavy (non-hydrogen) atoms. The quantitative estimate of drug-likeness (QED) is 0.534. The number of thiophene rings is 1. The molecule has 6 nitrogen and oxygen atoms in total. The van der Waals surface area contributed by atoms with Gasteiger partial charge in [-0.3, -0.25) is 14.9 Å². The molecule has 2 N–H and O–H groups in total. The molecule has 3 aromatic rings. The number of hydrogen-bond donors (Lipinski definition) is 2. The van der Waals surface area contributed by atoms with Gasteiger partial charge in [0, 0.05) is 23.0 Å². The molecule has 0 saturated heterocycles. The van der Waals surface area contributed by atoms with Crippen LogP contribution in [0.15, 0.2) is 29.6 Å². The summed E-state index contributed by atoms with van der Waals surface area (Å²) in [5.74, 6) is -0.110. The van der Waals surface area contributed by atoms with Crippen molar-refractivity contribution in [1.82, 2.24) is 4.98 Å². The molecule has 1 aromatic carbocycles. The minimum absolute atomic E-state index is 0.0281. The number of anilines is 1. The average molecular weight is 299 g/mol. The second-order valence-electron chi connectivity index (χ2n) is 4.85. The Morgan fingerprint density at radius 1 is 1.29 bits per heavy atom. The summed E-state index contributed by atoms with van der Waals surface area (Å²) < 4.78 is 0. The monoisotopic (exact) mass is 299 g/mol. The molecule has 2 aromatic heterocycles. The van der Waals surface area contributed by atoms with Crippen LogP contribution >= 0.6 is 11.3 Å². The van der Waals surface area contributed by atoms with Crippen molar-refractivity contribution < 1.29 is 9.72 Å². The molecule has 0 spiro atoms. The first-order chi connectivity index (χ1) is 10.1. The molecule has 1 amide bonds. The first-order valence-corrected chi connectivity index (χ1v) is 7.18. The van der Waals surface area contributed by atoms with Crippen molar-refractivity contribution in [2.24, 2.45) is 0 Å². The van der Waals surface area contributed by atoms with Gasteiger partial charge in [0.2, 0.25) is 5.91 Å². The number of benzene rings is 1. The smallest absolute Gasteiger partial charge is 0.270 e. The van der Waals surface area contributed by atoms with Crippen LogP contribution in [-0.4, -0.2) is 15.8 Å². The van der Waals surface area contributed by atoms with Crippen molar-refractivity contribution >= 4 is 39.5 Å². The fraction of sp³-hybridized carbons (Fsp3) is 0.0714. The van der Waals surface area contributed by atoms with Crippen LogP contribution in [0.25, 0.3) is 21.5 Å². The molecule has 0 bridgehead atoms. The number of carbonyl (C=O) groups excluding carboxylic acids is 1. The third-order valence-electron chi connectivity index (χ3n) is 3.60. The summed E-state index contributed by atoms with van der Waals surface area (Å²) in [4.78, 5) is 26.8. The molecule has 1 aliphatic heterocycles. The van der Waals surface area contributed by atoms with E-state index >= 15 is 0 Å². The Morgan fingerprint density at radius 3 is 2.95 bits per heavy atom. The second kappa shape index (κ2) is 4.16. The van der Waals surface area contributed by atoms with Crippen LogP contribution in [0.3, 0.4) is 0 Å². The third kappa shape index (κ3) is 1.74. The zero-order chi connectivity index (χ0) is 14.6. The maximum atomic E-state index is 12.0. The number of aromatic amines is 1. The molecule has 0 aliphatic carbocycles. The first kappa shape index (κ1) is 12.1. The number of aromatic nitrogens is 1. The van der Waals surface area contributed by atoms with E-state index in [0.717, 1.165) is 32.7 Å². The van der Waals surface area contributed by atoms with Crippen LogP contribution < -0.4 is 5.32 Å². The number of non-ortho nitro benzene ring substituents is 1. The third-order valence-corrected chi connectivity index (χ3v) is 4.54. The van der Waals surface area contributed by atoms with Gasteiger partial charge in [-0.1, -0.05) is 0 Å². The van der Waals surface area contributed by atoms with E-state index in [1.807, 2.05) is 11.4 Å². The van der Waals surface area contributed by atoms with Crippen molar-refractivity contribution in [3.63, 3.8) is 0 Å². The van der Waals surface area contributed by atoms with E-state index < -0.39 is 4.92 Å². The standard InChI is InChI=1S/C14H9N3O3S/c18-12-6-9-8-5-7(17(19)20)1-2-10(8)16-13(9)14-11(15-12)3-4-21-14/h1-5,16H,6H2,(H,15,18). The zero-order valence-corrected chi connectivity index (χ0v) is 11.5. The molecule has 0 unspecified atom stereocenters. The molecule has 3 heterocycles. The number of rotatable bonds is 1. The highest BCUT2D eigenvalue weighted by atomic mass is 32.1. The average Bonchev–Trinajstić information content (AvgIpc) is 3.00. The van der Waals surface area contributed by atoms with Crippen molar-refractivity contribution in [1.29, 1.82) is 0 Å². The summed E-state index contributed by atoms with van der Waals surface area (Å²) >= 11 is 1.53. The number of carbonyl (C=O) groups is 1. The lowest BCUT2D eigenvalue weighted by atomic mass is 10.1. The molecule has 0 radical (unpaired) electrons. The highest BCUT2D eigenvalue weighted by Gasteiger charge is 2.24. The van der Waals surface area contributed by atoms with Gasteiger partial charge in [0.05, 0.1) is 27.6 Å². The number of nitro groups is 1. The van der Waals surface area contributed by atoms with E-state index in [1.165, 1.54) is 23.5 Å². The fourth-order valence-corrected chi connectivity index (χ4v) is 3.56. The zero-order valence-electron chi connectivity index (χ0n) is 10.7. The molecule has 4 rings (SSSR count). The molecule has 0 atom stereocenters. The van der Waals surface area contributed by atoms with E-state index in [4.69, 9.17) is 0 Å². The minimum Gasteiger partial charge on any atom is -0.354 e. The van der Waals surface area contributed by atoms with Crippen molar-refractivity contribution in [3.05, 3.63) is 45.3 Å². The van der Waals surface area contributed by atoms with Crippen LogP contribution in [0, 0.1) is 10.1 Å². The lowest BCUT2D eigenvalue weighted by Crippen LogP contribution is -2.12. The van der Waals surface area contributed by atoms with Gasteiger partial charge in [-0.05, 0) is 23.1 Å².